The number of rotatable bonds is 4. The summed E-state index contributed by atoms with van der Waals surface area (Å²) in [5.74, 6) is -1.17. The lowest BCUT2D eigenvalue weighted by Crippen LogP contribution is -2.71. The van der Waals surface area contributed by atoms with E-state index in [4.69, 9.17) is 18.6 Å². The maximum Gasteiger partial charge on any atom is 0.509 e. The topological polar surface area (TPSA) is 108 Å². The Morgan fingerprint density at radius 1 is 1.22 bits per heavy atom. The fourth-order valence-electron chi connectivity index (χ4n) is 8.00. The van der Waals surface area contributed by atoms with Gasteiger partial charge in [0.2, 0.25) is 5.60 Å². The van der Waals surface area contributed by atoms with Crippen molar-refractivity contribution in [3.05, 3.63) is 0 Å². The maximum atomic E-state index is 13.7. The predicted octanol–water partition coefficient (Wildman–Crippen LogP) is 2.61. The van der Waals surface area contributed by atoms with Crippen molar-refractivity contribution in [2.45, 2.75) is 94.6 Å². The van der Waals surface area contributed by atoms with E-state index in [1.54, 1.807) is 0 Å². The number of hydrogen-bond donors (Lipinski definition) is 1. The monoisotopic (exact) mass is 466 g/mol. The van der Waals surface area contributed by atoms with E-state index in [1.807, 2.05) is 13.8 Å². The van der Waals surface area contributed by atoms with E-state index >= 15 is 0 Å². The summed E-state index contributed by atoms with van der Waals surface area (Å²) in [6.45, 7) is 11.3. The Morgan fingerprint density at radius 2 is 1.91 bits per heavy atom. The fourth-order valence-corrected chi connectivity index (χ4v) is 9.41. The van der Waals surface area contributed by atoms with Crippen LogP contribution in [0.5, 0.6) is 0 Å². The normalized spacial score (nSPS) is 51.5. The highest BCUT2D eigenvalue weighted by Crippen LogP contribution is 2.70. The minimum atomic E-state index is -2.16. The molecule has 5 fully saturated rings. The van der Waals surface area contributed by atoms with E-state index in [9.17, 15) is 19.5 Å². The minimum Gasteiger partial charge on any atom is -0.426 e. The van der Waals surface area contributed by atoms with E-state index < -0.39 is 43.0 Å². The van der Waals surface area contributed by atoms with Gasteiger partial charge in [-0.25, -0.2) is 4.79 Å². The van der Waals surface area contributed by atoms with Crippen molar-refractivity contribution in [1.82, 2.24) is 0 Å². The summed E-state index contributed by atoms with van der Waals surface area (Å²) in [6, 6.07) is 0. The van der Waals surface area contributed by atoms with Crippen LogP contribution in [0.3, 0.4) is 0 Å². The third kappa shape index (κ3) is 2.56. The highest BCUT2D eigenvalue weighted by molar-refractivity contribution is 6.70. The van der Waals surface area contributed by atoms with Crippen molar-refractivity contribution in [3.8, 4) is 0 Å². The van der Waals surface area contributed by atoms with Crippen molar-refractivity contribution >= 4 is 26.0 Å². The average molecular weight is 467 g/mol. The molecule has 9 atom stereocenters. The standard InChI is InChI=1S/C23H34O8Si/c1-12-7-16-22(17(12)26,31-32(4,5)6)10-20(11-24)9-15-18-21(14(3)25,29-19(27)28-18)8-13(2)23(15,16)30-20/h12-13,15-16,18,24H,7-11H2,1-6H3/t12-,13+,15-,16+,18+,20-,21+,22+,23+/m0/s1. The number of ether oxygens (including phenoxy) is 3. The van der Waals surface area contributed by atoms with Gasteiger partial charge in [-0.1, -0.05) is 13.8 Å². The zero-order valence-corrected chi connectivity index (χ0v) is 20.7. The molecule has 0 aromatic carbocycles. The molecule has 9 heteroatoms. The molecule has 2 bridgehead atoms. The number of ketones is 2. The molecule has 5 aliphatic rings. The van der Waals surface area contributed by atoms with Crippen molar-refractivity contribution in [2.24, 2.45) is 23.7 Å². The largest absolute Gasteiger partial charge is 0.509 e. The summed E-state index contributed by atoms with van der Waals surface area (Å²) >= 11 is 0. The maximum absolute atomic E-state index is 13.7. The van der Waals surface area contributed by atoms with E-state index in [-0.39, 0.29) is 54.7 Å². The van der Waals surface area contributed by atoms with Crippen LogP contribution in [0.15, 0.2) is 0 Å². The number of carbonyl (C=O) groups is 3. The van der Waals surface area contributed by atoms with Crippen LogP contribution in [0, 0.1) is 23.7 Å². The molecule has 0 unspecified atom stereocenters. The van der Waals surface area contributed by atoms with Crippen molar-refractivity contribution in [3.63, 3.8) is 0 Å². The Bertz CT molecular complexity index is 899. The molecule has 32 heavy (non-hydrogen) atoms. The van der Waals surface area contributed by atoms with Crippen LogP contribution in [0.25, 0.3) is 0 Å². The summed E-state index contributed by atoms with van der Waals surface area (Å²) in [7, 11) is -2.16. The zero-order chi connectivity index (χ0) is 23.5. The van der Waals surface area contributed by atoms with Crippen LogP contribution in [0.2, 0.25) is 19.6 Å². The SMILES string of the molecule is CC(=O)[C@]12C[C@@H](C)[C@@]34O[C@@](CO)(C[C@H]3[C@H]1OC(=O)O2)C[C@]1(O[Si](C)(C)C)C(=O)[C@@H](C)C[C@@H]41. The first-order chi connectivity index (χ1) is 14.8. The van der Waals surface area contributed by atoms with Gasteiger partial charge in [0.1, 0.15) is 5.60 Å². The highest BCUT2D eigenvalue weighted by atomic mass is 28.4. The molecule has 0 amide bonds. The molecule has 3 saturated heterocycles. The van der Waals surface area contributed by atoms with Crippen LogP contribution in [0.4, 0.5) is 4.79 Å². The lowest BCUT2D eigenvalue weighted by molar-refractivity contribution is -0.276. The molecule has 8 nitrogen and oxygen atoms in total. The van der Waals surface area contributed by atoms with Crippen molar-refractivity contribution < 1.29 is 38.1 Å². The Balaban J connectivity index is 1.71. The second kappa shape index (κ2) is 6.43. The molecule has 2 aliphatic carbocycles. The lowest BCUT2D eigenvalue weighted by atomic mass is 9.55. The molecule has 0 aromatic heterocycles. The number of Topliss-reactive ketones (excluding diaryl/α,β-unsaturated/α-hetero) is 2. The molecule has 5 rings (SSSR count). The summed E-state index contributed by atoms with van der Waals surface area (Å²) in [5, 5.41) is 10.6. The van der Waals surface area contributed by atoms with Gasteiger partial charge in [-0.05, 0) is 45.3 Å². The van der Waals surface area contributed by atoms with E-state index in [0.29, 0.717) is 12.8 Å². The lowest BCUT2D eigenvalue weighted by Gasteiger charge is -2.59. The van der Waals surface area contributed by atoms with E-state index in [0.717, 1.165) is 0 Å². The molecule has 1 N–H and O–H groups in total. The zero-order valence-electron chi connectivity index (χ0n) is 19.7. The first-order valence-corrected chi connectivity index (χ1v) is 15.1. The van der Waals surface area contributed by atoms with Gasteiger partial charge >= 0.3 is 6.16 Å². The summed E-state index contributed by atoms with van der Waals surface area (Å²) in [4.78, 5) is 38.8. The van der Waals surface area contributed by atoms with Crippen LogP contribution in [-0.2, 0) is 28.2 Å². The van der Waals surface area contributed by atoms with Crippen molar-refractivity contribution in [2.75, 3.05) is 6.61 Å². The second-order valence-electron chi connectivity index (χ2n) is 11.9. The Hall–Kier alpha value is -1.29. The van der Waals surface area contributed by atoms with Crippen LogP contribution in [0.1, 0.15) is 46.5 Å². The van der Waals surface area contributed by atoms with E-state index in [1.165, 1.54) is 6.92 Å². The van der Waals surface area contributed by atoms with Gasteiger partial charge in [0.15, 0.2) is 26.0 Å². The Labute approximate surface area is 189 Å². The van der Waals surface area contributed by atoms with Gasteiger partial charge in [-0.15, -0.1) is 0 Å². The molecule has 3 heterocycles. The first-order valence-electron chi connectivity index (χ1n) is 11.7. The number of aliphatic hydroxyl groups is 1. The van der Waals surface area contributed by atoms with Crippen LogP contribution < -0.4 is 0 Å². The summed E-state index contributed by atoms with van der Waals surface area (Å²) in [6.07, 6.45) is -0.0906. The summed E-state index contributed by atoms with van der Waals surface area (Å²) in [5.41, 5.74) is -4.22. The van der Waals surface area contributed by atoms with Gasteiger partial charge in [0.05, 0.1) is 17.8 Å². The molecular weight excluding hydrogens is 432 g/mol. The molecule has 2 saturated carbocycles. The summed E-state index contributed by atoms with van der Waals surface area (Å²) < 4.78 is 24.8. The van der Waals surface area contributed by atoms with Gasteiger partial charge in [0, 0.05) is 30.6 Å². The fraction of sp³-hybridized carbons (Fsp3) is 0.870. The predicted molar refractivity (Wildman–Crippen MR) is 114 cm³/mol. The van der Waals surface area contributed by atoms with Gasteiger partial charge in [-0.2, -0.15) is 0 Å². The molecular formula is C23H34O8Si. The molecule has 0 radical (unpaired) electrons. The molecule has 178 valence electrons. The van der Waals surface area contributed by atoms with Crippen molar-refractivity contribution in [1.29, 1.82) is 0 Å². The van der Waals surface area contributed by atoms with Gasteiger partial charge in [0.25, 0.3) is 0 Å². The smallest absolute Gasteiger partial charge is 0.426 e. The molecule has 3 aliphatic heterocycles. The Kier molecular flexibility index (Phi) is 4.52. The average Bonchev–Trinajstić information content (AvgIpc) is 3.25. The number of fused-ring (bicyclic) bond motifs is 4. The van der Waals surface area contributed by atoms with Gasteiger partial charge < -0.3 is 23.7 Å². The van der Waals surface area contributed by atoms with Crippen LogP contribution in [-0.4, -0.2) is 66.3 Å². The second-order valence-corrected chi connectivity index (χ2v) is 16.3. The first kappa shape index (κ1) is 22.5. The molecule has 1 spiro atoms. The number of hydrogen-bond acceptors (Lipinski definition) is 8. The highest BCUT2D eigenvalue weighted by Gasteiger charge is 2.81. The molecule has 0 aromatic rings. The third-order valence-corrected chi connectivity index (χ3v) is 9.75. The van der Waals surface area contributed by atoms with Gasteiger partial charge in [-0.3, -0.25) is 9.59 Å². The number of aliphatic hydroxyl groups excluding tert-OH is 1. The van der Waals surface area contributed by atoms with Crippen LogP contribution >= 0.6 is 0 Å². The third-order valence-electron chi connectivity index (χ3n) is 8.78. The minimum absolute atomic E-state index is 0.0846. The van der Waals surface area contributed by atoms with E-state index in [2.05, 4.69) is 19.6 Å². The quantitative estimate of drug-likeness (QED) is 0.498. The Morgan fingerprint density at radius 3 is 2.50 bits per heavy atom. The number of carbonyl (C=O) groups excluding carboxylic acids is 3.